The number of hydrogen-bond donors (Lipinski definition) is 1. The molecule has 1 amide bonds. The molecule has 2 aromatic heterocycles. The van der Waals surface area contributed by atoms with Gasteiger partial charge >= 0.3 is 5.69 Å². The van der Waals surface area contributed by atoms with E-state index in [4.69, 9.17) is 9.47 Å². The Morgan fingerprint density at radius 2 is 2.03 bits per heavy atom. The van der Waals surface area contributed by atoms with Crippen LogP contribution in [-0.4, -0.2) is 69.3 Å². The number of carbonyl (C=O) groups is 1. The molecule has 10 nitrogen and oxygen atoms in total. The van der Waals surface area contributed by atoms with Gasteiger partial charge in [0.15, 0.2) is 0 Å². The van der Waals surface area contributed by atoms with E-state index in [1.54, 1.807) is 20.3 Å². The van der Waals surface area contributed by atoms with Crippen LogP contribution >= 0.6 is 0 Å². The quantitative estimate of drug-likeness (QED) is 0.546. The molecule has 1 unspecified atom stereocenters. The van der Waals surface area contributed by atoms with Crippen LogP contribution in [0.2, 0.25) is 0 Å². The smallest absolute Gasteiger partial charge is 0.346 e. The average molecular weight is 467 g/mol. The van der Waals surface area contributed by atoms with Crippen molar-refractivity contribution >= 4 is 5.91 Å². The number of likely N-dealkylation sites (tertiary alicyclic amines) is 1. The van der Waals surface area contributed by atoms with Crippen molar-refractivity contribution in [2.24, 2.45) is 0 Å². The number of aromatic nitrogens is 5. The number of para-hydroxylation sites is 1. The van der Waals surface area contributed by atoms with Crippen molar-refractivity contribution in [3.05, 3.63) is 52.3 Å². The first-order chi connectivity index (χ1) is 16.6. The lowest BCUT2D eigenvalue weighted by atomic mass is 9.96. The number of benzene rings is 1. The third kappa shape index (κ3) is 4.25. The van der Waals surface area contributed by atoms with E-state index in [2.05, 4.69) is 15.3 Å². The predicted molar refractivity (Wildman–Crippen MR) is 125 cm³/mol. The molecule has 1 aliphatic carbocycles. The highest BCUT2D eigenvalue weighted by Crippen LogP contribution is 2.37. The monoisotopic (exact) mass is 466 g/mol. The van der Waals surface area contributed by atoms with Crippen LogP contribution in [0.15, 0.2) is 35.1 Å². The van der Waals surface area contributed by atoms with E-state index in [0.29, 0.717) is 43.4 Å². The number of nitrogens with one attached hydrogen (secondary N) is 1. The largest absolute Gasteiger partial charge is 0.496 e. The molecule has 2 fully saturated rings. The second kappa shape index (κ2) is 9.46. The average Bonchev–Trinajstić information content (AvgIpc) is 3.49. The van der Waals surface area contributed by atoms with E-state index >= 15 is 0 Å². The molecule has 1 aromatic carbocycles. The first kappa shape index (κ1) is 22.4. The molecular formula is C24H30N6O4. The fourth-order valence-electron chi connectivity index (χ4n) is 4.68. The fourth-order valence-corrected chi connectivity index (χ4v) is 4.68. The van der Waals surface area contributed by atoms with Crippen LogP contribution in [0.4, 0.5) is 0 Å². The van der Waals surface area contributed by atoms with Gasteiger partial charge in [0.1, 0.15) is 17.3 Å². The summed E-state index contributed by atoms with van der Waals surface area (Å²) in [6.45, 7) is 2.05. The molecule has 180 valence electrons. The Hall–Kier alpha value is -3.40. The maximum absolute atomic E-state index is 13.3. The van der Waals surface area contributed by atoms with Gasteiger partial charge in [-0.15, -0.1) is 0 Å². The third-order valence-corrected chi connectivity index (χ3v) is 6.58. The van der Waals surface area contributed by atoms with Crippen LogP contribution in [0.3, 0.4) is 0 Å². The van der Waals surface area contributed by atoms with Crippen LogP contribution < -0.4 is 10.4 Å². The number of amides is 1. The Labute approximate surface area is 197 Å². The summed E-state index contributed by atoms with van der Waals surface area (Å²) < 4.78 is 13.9. The topological polar surface area (TPSA) is 107 Å². The van der Waals surface area contributed by atoms with Crippen molar-refractivity contribution in [1.29, 1.82) is 0 Å². The highest BCUT2D eigenvalue weighted by atomic mass is 16.5. The summed E-state index contributed by atoms with van der Waals surface area (Å²) >= 11 is 0. The van der Waals surface area contributed by atoms with Crippen molar-refractivity contribution in [3.8, 4) is 17.0 Å². The highest BCUT2D eigenvalue weighted by molar-refractivity contribution is 5.93. The van der Waals surface area contributed by atoms with Crippen molar-refractivity contribution in [1.82, 2.24) is 29.4 Å². The molecular weight excluding hydrogens is 436 g/mol. The number of carbonyl (C=O) groups excluding carboxylic acids is 1. The van der Waals surface area contributed by atoms with Gasteiger partial charge in [0, 0.05) is 37.7 Å². The molecule has 1 atom stereocenters. The molecule has 34 heavy (non-hydrogen) atoms. The molecule has 1 aliphatic heterocycles. The zero-order chi connectivity index (χ0) is 23.7. The van der Waals surface area contributed by atoms with Gasteiger partial charge in [-0.1, -0.05) is 12.1 Å². The lowest BCUT2D eigenvalue weighted by Gasteiger charge is -2.32. The molecule has 0 bridgehead atoms. The molecule has 5 rings (SSSR count). The second-order valence-corrected chi connectivity index (χ2v) is 8.92. The molecule has 2 aliphatic rings. The Kier molecular flexibility index (Phi) is 6.23. The molecule has 0 radical (unpaired) electrons. The number of nitrogens with zero attached hydrogens (tertiary/aromatic N) is 5. The van der Waals surface area contributed by atoms with Crippen molar-refractivity contribution in [2.75, 3.05) is 33.9 Å². The Morgan fingerprint density at radius 1 is 1.21 bits per heavy atom. The minimum Gasteiger partial charge on any atom is -0.496 e. The SMILES string of the molecule is COCCn1nc(C2CCCN(C(=O)c3cc(-c4ccccc4OC)n[nH]3)C2)n(C2CC2)c1=O. The maximum Gasteiger partial charge on any atom is 0.346 e. The third-order valence-electron chi connectivity index (χ3n) is 6.58. The fraction of sp³-hybridized carbons (Fsp3) is 0.500. The normalized spacial score (nSPS) is 18.3. The van der Waals surface area contributed by atoms with Crippen molar-refractivity contribution < 1.29 is 14.3 Å². The van der Waals surface area contributed by atoms with Crippen LogP contribution in [0, 0.1) is 0 Å². The van der Waals surface area contributed by atoms with Gasteiger partial charge in [-0.2, -0.15) is 10.2 Å². The predicted octanol–water partition coefficient (Wildman–Crippen LogP) is 2.44. The summed E-state index contributed by atoms with van der Waals surface area (Å²) in [4.78, 5) is 28.1. The molecule has 3 aromatic rings. The summed E-state index contributed by atoms with van der Waals surface area (Å²) in [6.07, 6.45) is 3.75. The van der Waals surface area contributed by atoms with Crippen LogP contribution in [-0.2, 0) is 11.3 Å². The zero-order valence-corrected chi connectivity index (χ0v) is 19.6. The number of rotatable bonds is 8. The standard InChI is InChI=1S/C24H30N6O4/c1-33-13-12-29-24(32)30(17-9-10-17)22(27-29)16-6-5-11-28(15-16)23(31)20-14-19(25-26-20)18-7-3-4-8-21(18)34-2/h3-4,7-8,14,16-17H,5-6,9-13,15H2,1-2H3,(H,25,26). The highest BCUT2D eigenvalue weighted by Gasteiger charge is 2.35. The molecule has 1 N–H and O–H groups in total. The van der Waals surface area contributed by atoms with E-state index in [-0.39, 0.29) is 23.6 Å². The molecule has 0 spiro atoms. The van der Waals surface area contributed by atoms with Gasteiger partial charge < -0.3 is 14.4 Å². The van der Waals surface area contributed by atoms with E-state index in [0.717, 1.165) is 37.1 Å². The van der Waals surface area contributed by atoms with E-state index in [1.807, 2.05) is 33.7 Å². The molecule has 1 saturated heterocycles. The summed E-state index contributed by atoms with van der Waals surface area (Å²) in [5, 5.41) is 11.9. The van der Waals surface area contributed by atoms with Gasteiger partial charge in [0.05, 0.1) is 26.0 Å². The summed E-state index contributed by atoms with van der Waals surface area (Å²) in [7, 11) is 3.23. The Balaban J connectivity index is 1.36. The number of piperidine rings is 1. The number of hydrogen-bond acceptors (Lipinski definition) is 6. The molecule has 1 saturated carbocycles. The number of ether oxygens (including phenoxy) is 2. The van der Waals surface area contributed by atoms with Gasteiger partial charge in [-0.05, 0) is 43.9 Å². The van der Waals surface area contributed by atoms with Gasteiger partial charge in [-0.25, -0.2) is 9.48 Å². The van der Waals surface area contributed by atoms with Crippen molar-refractivity contribution in [3.63, 3.8) is 0 Å². The van der Waals surface area contributed by atoms with E-state index < -0.39 is 0 Å². The summed E-state index contributed by atoms with van der Waals surface area (Å²) in [5.41, 5.74) is 1.85. The first-order valence-electron chi connectivity index (χ1n) is 11.8. The number of H-pyrrole nitrogens is 1. The maximum atomic E-state index is 13.3. The van der Waals surface area contributed by atoms with Crippen LogP contribution in [0.5, 0.6) is 5.75 Å². The minimum absolute atomic E-state index is 0.0198. The number of aromatic amines is 1. The van der Waals surface area contributed by atoms with Crippen LogP contribution in [0.25, 0.3) is 11.3 Å². The number of methoxy groups -OCH3 is 2. The van der Waals surface area contributed by atoms with Gasteiger partial charge in [0.25, 0.3) is 5.91 Å². The van der Waals surface area contributed by atoms with Gasteiger partial charge in [-0.3, -0.25) is 14.5 Å². The van der Waals surface area contributed by atoms with E-state index in [9.17, 15) is 9.59 Å². The van der Waals surface area contributed by atoms with Crippen LogP contribution in [0.1, 0.15) is 54.0 Å². The first-order valence-corrected chi connectivity index (χ1v) is 11.8. The Bertz CT molecular complexity index is 1220. The molecule has 10 heteroatoms. The minimum atomic E-state index is -0.0996. The second-order valence-electron chi connectivity index (χ2n) is 8.92. The molecule has 3 heterocycles. The summed E-state index contributed by atoms with van der Waals surface area (Å²) in [6, 6.07) is 9.58. The lowest BCUT2D eigenvalue weighted by Crippen LogP contribution is -2.40. The van der Waals surface area contributed by atoms with Crippen molar-refractivity contribution in [2.45, 2.75) is 44.2 Å². The van der Waals surface area contributed by atoms with Gasteiger partial charge in [0.2, 0.25) is 0 Å². The lowest BCUT2D eigenvalue weighted by molar-refractivity contribution is 0.0697. The summed E-state index contributed by atoms with van der Waals surface area (Å²) in [5.74, 6) is 1.41. The Morgan fingerprint density at radius 3 is 2.79 bits per heavy atom. The van der Waals surface area contributed by atoms with E-state index in [1.165, 1.54) is 4.68 Å². The zero-order valence-electron chi connectivity index (χ0n) is 19.6.